The van der Waals surface area contributed by atoms with Crippen LogP contribution >= 0.6 is 0 Å². The molecule has 5 heteroatoms. The summed E-state index contributed by atoms with van der Waals surface area (Å²) >= 11 is 0. The van der Waals surface area contributed by atoms with Gasteiger partial charge in [-0.3, -0.25) is 4.79 Å². The highest BCUT2D eigenvalue weighted by Gasteiger charge is 2.47. The van der Waals surface area contributed by atoms with Gasteiger partial charge in [-0.1, -0.05) is 30.3 Å². The predicted molar refractivity (Wildman–Crippen MR) is 108 cm³/mol. The fourth-order valence-electron chi connectivity index (χ4n) is 5.01. The number of hydrogen-bond donors (Lipinski definition) is 1. The van der Waals surface area contributed by atoms with E-state index >= 15 is 0 Å². The zero-order chi connectivity index (χ0) is 18.2. The maximum atomic E-state index is 12.4. The molecule has 2 saturated heterocycles. The van der Waals surface area contributed by atoms with Crippen LogP contribution in [-0.2, 0) is 11.2 Å². The van der Waals surface area contributed by atoms with Gasteiger partial charge in [-0.2, -0.15) is 0 Å². The van der Waals surface area contributed by atoms with Crippen LogP contribution in [0.5, 0.6) is 0 Å². The summed E-state index contributed by atoms with van der Waals surface area (Å²) in [5.74, 6) is 2.51. The molecule has 1 aliphatic carbocycles. The number of hydrogen-bond acceptors (Lipinski definition) is 4. The lowest BCUT2D eigenvalue weighted by Gasteiger charge is -2.34. The standard InChI is InChI=1S/C22H27N3O2/c26-22-14-18(24-8-10-27-11-9-24)13-21(23-22)25-15-17-6-7-19(17)20(25)12-16-4-2-1-3-5-16/h1-5,13-14,17,19-20H,6-12,15H2,(H,23,26)/t17-,19-,20+/m0/s1. The van der Waals surface area contributed by atoms with Gasteiger partial charge in [0.15, 0.2) is 0 Å². The van der Waals surface area contributed by atoms with E-state index in [1.807, 2.05) is 0 Å². The molecule has 142 valence electrons. The Balaban J connectivity index is 1.45. The number of pyridine rings is 1. The summed E-state index contributed by atoms with van der Waals surface area (Å²) in [6.07, 6.45) is 3.68. The van der Waals surface area contributed by atoms with Crippen molar-refractivity contribution in [3.05, 3.63) is 58.4 Å². The van der Waals surface area contributed by atoms with Crippen LogP contribution in [0.2, 0.25) is 0 Å². The van der Waals surface area contributed by atoms with E-state index in [0.29, 0.717) is 6.04 Å². The average molecular weight is 365 g/mol. The number of rotatable bonds is 4. The number of ether oxygens (including phenoxy) is 1. The minimum atomic E-state index is -0.00769. The Labute approximate surface area is 159 Å². The Morgan fingerprint density at radius 1 is 1.07 bits per heavy atom. The van der Waals surface area contributed by atoms with Crippen LogP contribution in [0.4, 0.5) is 11.5 Å². The Morgan fingerprint density at radius 3 is 2.63 bits per heavy atom. The van der Waals surface area contributed by atoms with Crippen LogP contribution in [0.15, 0.2) is 47.3 Å². The highest BCUT2D eigenvalue weighted by molar-refractivity contribution is 5.56. The largest absolute Gasteiger partial charge is 0.378 e. The first-order valence-electron chi connectivity index (χ1n) is 10.2. The van der Waals surface area contributed by atoms with Gasteiger partial charge in [-0.25, -0.2) is 0 Å². The fourth-order valence-corrected chi connectivity index (χ4v) is 5.01. The molecule has 1 aromatic heterocycles. The molecule has 3 heterocycles. The number of aromatic amines is 1. The first-order valence-corrected chi connectivity index (χ1v) is 10.2. The molecule has 5 nitrogen and oxygen atoms in total. The van der Waals surface area contributed by atoms with E-state index in [2.05, 4.69) is 51.2 Å². The van der Waals surface area contributed by atoms with E-state index in [9.17, 15) is 4.79 Å². The molecule has 3 atom stereocenters. The summed E-state index contributed by atoms with van der Waals surface area (Å²) in [5, 5.41) is 0. The second-order valence-electron chi connectivity index (χ2n) is 8.10. The molecule has 0 spiro atoms. The van der Waals surface area contributed by atoms with Crippen molar-refractivity contribution < 1.29 is 4.74 Å². The van der Waals surface area contributed by atoms with E-state index in [4.69, 9.17) is 4.74 Å². The third-order valence-electron chi connectivity index (χ3n) is 6.59. The van der Waals surface area contributed by atoms with Gasteiger partial charge in [-0.15, -0.1) is 0 Å². The van der Waals surface area contributed by atoms with Crippen LogP contribution in [0.25, 0.3) is 0 Å². The van der Waals surface area contributed by atoms with Crippen molar-refractivity contribution in [3.8, 4) is 0 Å². The summed E-state index contributed by atoms with van der Waals surface area (Å²) in [6.45, 7) is 4.22. The molecular formula is C22H27N3O2. The van der Waals surface area contributed by atoms with Crippen LogP contribution in [0, 0.1) is 11.8 Å². The molecule has 0 amide bonds. The van der Waals surface area contributed by atoms with Crippen molar-refractivity contribution in [3.63, 3.8) is 0 Å². The number of anilines is 2. The zero-order valence-electron chi connectivity index (χ0n) is 15.6. The number of aromatic nitrogens is 1. The molecular weight excluding hydrogens is 338 g/mol. The number of morpholine rings is 1. The molecule has 1 saturated carbocycles. The minimum Gasteiger partial charge on any atom is -0.378 e. The van der Waals surface area contributed by atoms with E-state index in [0.717, 1.165) is 62.6 Å². The monoisotopic (exact) mass is 365 g/mol. The normalized spacial score (nSPS) is 27.3. The van der Waals surface area contributed by atoms with E-state index in [1.165, 1.54) is 18.4 Å². The maximum Gasteiger partial charge on any atom is 0.251 e. The van der Waals surface area contributed by atoms with Gasteiger partial charge in [0, 0.05) is 43.5 Å². The maximum absolute atomic E-state index is 12.4. The molecule has 3 aliphatic rings. The third-order valence-corrected chi connectivity index (χ3v) is 6.59. The van der Waals surface area contributed by atoms with E-state index in [-0.39, 0.29) is 5.56 Å². The number of nitrogens with zero attached hydrogens (tertiary/aromatic N) is 2. The highest BCUT2D eigenvalue weighted by atomic mass is 16.5. The summed E-state index contributed by atoms with van der Waals surface area (Å²) < 4.78 is 5.46. The van der Waals surface area contributed by atoms with E-state index in [1.54, 1.807) is 6.07 Å². The summed E-state index contributed by atoms with van der Waals surface area (Å²) in [7, 11) is 0. The molecule has 1 N–H and O–H groups in total. The van der Waals surface area contributed by atoms with Gasteiger partial charge in [-0.05, 0) is 36.7 Å². The van der Waals surface area contributed by atoms with Gasteiger partial charge < -0.3 is 19.5 Å². The quantitative estimate of drug-likeness (QED) is 0.905. The molecule has 0 bridgehead atoms. The number of benzene rings is 1. The van der Waals surface area contributed by atoms with Crippen LogP contribution in [0.3, 0.4) is 0 Å². The van der Waals surface area contributed by atoms with Crippen molar-refractivity contribution in [2.75, 3.05) is 42.6 Å². The average Bonchev–Trinajstić information content (AvgIpc) is 2.92. The van der Waals surface area contributed by atoms with Gasteiger partial charge in [0.05, 0.1) is 13.2 Å². The lowest BCUT2D eigenvalue weighted by molar-refractivity contribution is 0.122. The lowest BCUT2D eigenvalue weighted by atomic mass is 9.72. The van der Waals surface area contributed by atoms with Gasteiger partial charge in [0.25, 0.3) is 5.56 Å². The summed E-state index contributed by atoms with van der Waals surface area (Å²) in [5.41, 5.74) is 2.40. The molecule has 5 rings (SSSR count). The summed E-state index contributed by atoms with van der Waals surface area (Å²) in [6, 6.07) is 15.1. The smallest absolute Gasteiger partial charge is 0.251 e. The SMILES string of the molecule is O=c1cc(N2CCOCC2)cc(N2C[C@@H]3CC[C@@H]3[C@H]2Cc2ccccc2)[nH]1. The van der Waals surface area contributed by atoms with Crippen molar-refractivity contribution >= 4 is 11.5 Å². The minimum absolute atomic E-state index is 0.00769. The van der Waals surface area contributed by atoms with Crippen LogP contribution in [0.1, 0.15) is 18.4 Å². The Kier molecular flexibility index (Phi) is 4.40. The summed E-state index contributed by atoms with van der Waals surface area (Å²) in [4.78, 5) is 20.3. The van der Waals surface area contributed by atoms with Crippen LogP contribution < -0.4 is 15.4 Å². The van der Waals surface area contributed by atoms with Crippen molar-refractivity contribution in [1.29, 1.82) is 0 Å². The first-order chi connectivity index (χ1) is 13.3. The molecule has 1 aromatic carbocycles. The number of fused-ring (bicyclic) bond motifs is 1. The molecule has 2 aromatic rings. The molecule has 3 fully saturated rings. The second-order valence-corrected chi connectivity index (χ2v) is 8.10. The Morgan fingerprint density at radius 2 is 1.89 bits per heavy atom. The first kappa shape index (κ1) is 16.9. The zero-order valence-corrected chi connectivity index (χ0v) is 15.6. The van der Waals surface area contributed by atoms with Crippen LogP contribution in [-0.4, -0.2) is 43.9 Å². The van der Waals surface area contributed by atoms with Gasteiger partial charge >= 0.3 is 0 Å². The Hall–Kier alpha value is -2.27. The van der Waals surface area contributed by atoms with Crippen molar-refractivity contribution in [2.24, 2.45) is 11.8 Å². The second kappa shape index (κ2) is 7.04. The molecule has 27 heavy (non-hydrogen) atoms. The van der Waals surface area contributed by atoms with Gasteiger partial charge in [0.2, 0.25) is 0 Å². The fraction of sp³-hybridized carbons (Fsp3) is 0.500. The van der Waals surface area contributed by atoms with Gasteiger partial charge in [0.1, 0.15) is 5.82 Å². The molecule has 0 unspecified atom stereocenters. The highest BCUT2D eigenvalue weighted by Crippen LogP contribution is 2.47. The Bertz CT molecular complexity index is 844. The number of nitrogens with one attached hydrogen (secondary N) is 1. The molecule has 2 aliphatic heterocycles. The number of H-pyrrole nitrogens is 1. The molecule has 0 radical (unpaired) electrons. The topological polar surface area (TPSA) is 48.6 Å². The third kappa shape index (κ3) is 3.25. The predicted octanol–water partition coefficient (Wildman–Crippen LogP) is 2.67. The van der Waals surface area contributed by atoms with Crippen molar-refractivity contribution in [2.45, 2.75) is 25.3 Å². The van der Waals surface area contributed by atoms with Crippen molar-refractivity contribution in [1.82, 2.24) is 4.98 Å². The lowest BCUT2D eigenvalue weighted by Crippen LogP contribution is -2.39. The van der Waals surface area contributed by atoms with E-state index < -0.39 is 0 Å².